The Morgan fingerprint density at radius 3 is 2.57 bits per heavy atom. The molecule has 0 saturated heterocycles. The van der Waals surface area contributed by atoms with Crippen LogP contribution in [0.2, 0.25) is 5.02 Å². The lowest BCUT2D eigenvalue weighted by molar-refractivity contribution is -0.385. The van der Waals surface area contributed by atoms with Crippen molar-refractivity contribution >= 4 is 45.8 Å². The highest BCUT2D eigenvalue weighted by atomic mass is 35.5. The van der Waals surface area contributed by atoms with E-state index in [0.29, 0.717) is 22.1 Å². The van der Waals surface area contributed by atoms with Crippen molar-refractivity contribution in [2.24, 2.45) is 0 Å². The van der Waals surface area contributed by atoms with E-state index < -0.39 is 46.5 Å². The summed E-state index contributed by atoms with van der Waals surface area (Å²) in [6, 6.07) is 7.77. The third-order valence-electron chi connectivity index (χ3n) is 3.81. The lowest BCUT2D eigenvalue weighted by Crippen LogP contribution is -2.22. The number of nitro benzene ring substituents is 1. The number of carbonyl (C=O) groups is 2. The topological polar surface area (TPSA) is 112 Å². The van der Waals surface area contributed by atoms with Crippen molar-refractivity contribution in [2.45, 2.75) is 6.18 Å². The van der Waals surface area contributed by atoms with Crippen LogP contribution >= 0.6 is 11.6 Å². The summed E-state index contributed by atoms with van der Waals surface area (Å²) in [6.07, 6.45) is -4.96. The molecule has 30 heavy (non-hydrogen) atoms. The van der Waals surface area contributed by atoms with Gasteiger partial charge in [-0.1, -0.05) is 11.6 Å². The first-order valence-corrected chi connectivity index (χ1v) is 8.44. The third-order valence-corrected chi connectivity index (χ3v) is 4.04. The SMILES string of the molecule is O=C(COC(=O)c1cc2cc(Cl)ccc2o1)Nc1ccc([N+](=O)[O-])cc1C(F)(F)F. The van der Waals surface area contributed by atoms with Gasteiger partial charge in [0.2, 0.25) is 5.76 Å². The van der Waals surface area contributed by atoms with Gasteiger partial charge in [-0.25, -0.2) is 4.79 Å². The van der Waals surface area contributed by atoms with E-state index in [1.54, 1.807) is 6.07 Å². The molecule has 1 heterocycles. The zero-order chi connectivity index (χ0) is 22.1. The van der Waals surface area contributed by atoms with Gasteiger partial charge in [0.25, 0.3) is 11.6 Å². The summed E-state index contributed by atoms with van der Waals surface area (Å²) in [5.74, 6) is -2.33. The van der Waals surface area contributed by atoms with Crippen molar-refractivity contribution in [3.8, 4) is 0 Å². The van der Waals surface area contributed by atoms with Gasteiger partial charge in [0.15, 0.2) is 6.61 Å². The molecule has 0 unspecified atom stereocenters. The van der Waals surface area contributed by atoms with Crippen LogP contribution in [0.1, 0.15) is 16.1 Å². The fourth-order valence-corrected chi connectivity index (χ4v) is 2.67. The number of amides is 1. The molecule has 1 amide bonds. The maximum Gasteiger partial charge on any atom is 0.418 e. The Bertz CT molecular complexity index is 1160. The number of nitrogens with zero attached hydrogens (tertiary/aromatic N) is 1. The van der Waals surface area contributed by atoms with Crippen LogP contribution in [-0.2, 0) is 15.7 Å². The highest BCUT2D eigenvalue weighted by Gasteiger charge is 2.35. The highest BCUT2D eigenvalue weighted by molar-refractivity contribution is 6.31. The largest absolute Gasteiger partial charge is 0.450 e. The molecule has 0 aliphatic carbocycles. The number of halogens is 4. The van der Waals surface area contributed by atoms with Gasteiger partial charge in [0.05, 0.1) is 16.2 Å². The minimum atomic E-state index is -4.96. The number of non-ortho nitro benzene ring substituents is 1. The maximum absolute atomic E-state index is 13.1. The van der Waals surface area contributed by atoms with Crippen molar-refractivity contribution in [3.63, 3.8) is 0 Å². The predicted molar refractivity (Wildman–Crippen MR) is 98.2 cm³/mol. The van der Waals surface area contributed by atoms with E-state index in [2.05, 4.69) is 0 Å². The minimum absolute atomic E-state index is 0.230. The molecule has 3 rings (SSSR count). The number of alkyl halides is 3. The average molecular weight is 443 g/mol. The Labute approximate surface area is 170 Å². The lowest BCUT2D eigenvalue weighted by atomic mass is 10.1. The number of ether oxygens (including phenoxy) is 1. The molecule has 0 radical (unpaired) electrons. The van der Waals surface area contributed by atoms with Gasteiger partial charge in [-0.15, -0.1) is 0 Å². The number of hydrogen-bond donors (Lipinski definition) is 1. The van der Waals surface area contributed by atoms with E-state index in [9.17, 15) is 32.9 Å². The zero-order valence-electron chi connectivity index (χ0n) is 14.7. The van der Waals surface area contributed by atoms with E-state index in [1.807, 2.05) is 5.32 Å². The quantitative estimate of drug-likeness (QED) is 0.345. The Morgan fingerprint density at radius 2 is 1.90 bits per heavy atom. The molecule has 0 aliphatic heterocycles. The van der Waals surface area contributed by atoms with E-state index in [0.717, 1.165) is 12.1 Å². The van der Waals surface area contributed by atoms with Crippen molar-refractivity contribution < 1.29 is 36.8 Å². The summed E-state index contributed by atoms with van der Waals surface area (Å²) in [5, 5.41) is 13.5. The van der Waals surface area contributed by atoms with E-state index in [1.165, 1.54) is 18.2 Å². The normalized spacial score (nSPS) is 11.3. The number of fused-ring (bicyclic) bond motifs is 1. The van der Waals surface area contributed by atoms with Crippen LogP contribution < -0.4 is 5.32 Å². The zero-order valence-corrected chi connectivity index (χ0v) is 15.4. The second-order valence-electron chi connectivity index (χ2n) is 5.90. The van der Waals surface area contributed by atoms with Crippen LogP contribution in [0.4, 0.5) is 24.5 Å². The summed E-state index contributed by atoms with van der Waals surface area (Å²) in [7, 11) is 0. The number of rotatable bonds is 5. The van der Waals surface area contributed by atoms with E-state index in [-0.39, 0.29) is 5.76 Å². The number of nitrogens with one attached hydrogen (secondary N) is 1. The molecule has 8 nitrogen and oxygen atoms in total. The van der Waals surface area contributed by atoms with Gasteiger partial charge in [-0.2, -0.15) is 13.2 Å². The fraction of sp³-hybridized carbons (Fsp3) is 0.111. The molecule has 2 aromatic carbocycles. The number of nitro groups is 1. The smallest absolute Gasteiger partial charge is 0.418 e. The molecule has 0 aliphatic rings. The summed E-state index contributed by atoms with van der Waals surface area (Å²) >= 11 is 5.83. The van der Waals surface area contributed by atoms with Gasteiger partial charge < -0.3 is 14.5 Å². The number of esters is 1. The first kappa shape index (κ1) is 21.1. The molecule has 0 spiro atoms. The fourth-order valence-electron chi connectivity index (χ4n) is 2.49. The van der Waals surface area contributed by atoms with Crippen molar-refractivity contribution in [2.75, 3.05) is 11.9 Å². The van der Waals surface area contributed by atoms with Crippen molar-refractivity contribution in [1.29, 1.82) is 0 Å². The van der Waals surface area contributed by atoms with Crippen LogP contribution in [0, 0.1) is 10.1 Å². The molecule has 1 aromatic heterocycles. The molecule has 156 valence electrons. The molecular formula is C18H10ClF3N2O6. The predicted octanol–water partition coefficient (Wildman–Crippen LogP) is 4.81. The van der Waals surface area contributed by atoms with Crippen molar-refractivity contribution in [1.82, 2.24) is 0 Å². The summed E-state index contributed by atoms with van der Waals surface area (Å²) in [6.45, 7) is -0.912. The number of hydrogen-bond acceptors (Lipinski definition) is 6. The van der Waals surface area contributed by atoms with Gasteiger partial charge in [0.1, 0.15) is 5.58 Å². The lowest BCUT2D eigenvalue weighted by Gasteiger charge is -2.13. The van der Waals surface area contributed by atoms with Crippen molar-refractivity contribution in [3.05, 3.63) is 68.9 Å². The van der Waals surface area contributed by atoms with Crippen LogP contribution in [0.3, 0.4) is 0 Å². The second-order valence-corrected chi connectivity index (χ2v) is 6.34. The van der Waals surface area contributed by atoms with Crippen LogP contribution in [0.15, 0.2) is 46.9 Å². The summed E-state index contributed by atoms with van der Waals surface area (Å²) < 4.78 is 49.4. The van der Waals surface area contributed by atoms with E-state index >= 15 is 0 Å². The molecule has 3 aromatic rings. The molecule has 0 bridgehead atoms. The first-order chi connectivity index (χ1) is 14.0. The number of carbonyl (C=O) groups excluding carboxylic acids is 2. The Morgan fingerprint density at radius 1 is 1.17 bits per heavy atom. The molecule has 0 saturated carbocycles. The van der Waals surface area contributed by atoms with Gasteiger partial charge in [0, 0.05) is 22.5 Å². The standard InChI is InChI=1S/C18H10ClF3N2O6/c19-10-1-4-14-9(5-10)6-15(30-14)17(26)29-8-16(25)23-13-3-2-11(24(27)28)7-12(13)18(20,21)22/h1-7H,8H2,(H,23,25). The van der Waals surface area contributed by atoms with Gasteiger partial charge in [-0.3, -0.25) is 14.9 Å². The molecule has 0 fully saturated rings. The number of anilines is 1. The first-order valence-electron chi connectivity index (χ1n) is 8.06. The molecule has 1 N–H and O–H groups in total. The minimum Gasteiger partial charge on any atom is -0.450 e. The van der Waals surface area contributed by atoms with Gasteiger partial charge in [-0.05, 0) is 30.3 Å². The second kappa shape index (κ2) is 8.03. The summed E-state index contributed by atoms with van der Waals surface area (Å²) in [4.78, 5) is 33.6. The maximum atomic E-state index is 13.1. The number of benzene rings is 2. The summed E-state index contributed by atoms with van der Waals surface area (Å²) in [5.41, 5.74) is -2.58. The van der Waals surface area contributed by atoms with E-state index in [4.69, 9.17) is 20.8 Å². The Balaban J connectivity index is 1.69. The molecule has 0 atom stereocenters. The number of furan rings is 1. The van der Waals surface area contributed by atoms with Crippen LogP contribution in [-0.4, -0.2) is 23.4 Å². The third kappa shape index (κ3) is 4.69. The average Bonchev–Trinajstić information content (AvgIpc) is 3.08. The molecular weight excluding hydrogens is 433 g/mol. The Kier molecular flexibility index (Phi) is 5.65. The monoisotopic (exact) mass is 442 g/mol. The molecule has 12 heteroatoms. The van der Waals surface area contributed by atoms with Crippen LogP contribution in [0.5, 0.6) is 0 Å². The highest BCUT2D eigenvalue weighted by Crippen LogP contribution is 2.37. The van der Waals surface area contributed by atoms with Crippen LogP contribution in [0.25, 0.3) is 11.0 Å². The Hall–Kier alpha value is -3.60. The van der Waals surface area contributed by atoms with Gasteiger partial charge >= 0.3 is 12.1 Å².